The average molecular weight is 312 g/mol. The first-order valence-corrected chi connectivity index (χ1v) is 8.20. The van der Waals surface area contributed by atoms with Crippen LogP contribution in [0.2, 0.25) is 0 Å². The molecule has 3 N–H and O–H groups in total. The van der Waals surface area contributed by atoms with Crippen molar-refractivity contribution in [2.45, 2.75) is 24.2 Å². The molecule has 0 amide bonds. The van der Waals surface area contributed by atoms with Gasteiger partial charge in [0.25, 0.3) is 0 Å². The molecule has 0 spiro atoms. The number of nitrogens with two attached hydrogens (primary N) is 1. The van der Waals surface area contributed by atoms with Gasteiger partial charge in [0.2, 0.25) is 11.8 Å². The molecule has 112 valence electrons. The SMILES string of the molecule is CCc1[nH]nc2c1C(c1ccc(SC)cc1)C(C#N)=C(N)O2. The van der Waals surface area contributed by atoms with Crippen molar-refractivity contribution in [3.63, 3.8) is 0 Å². The van der Waals surface area contributed by atoms with E-state index >= 15 is 0 Å². The Morgan fingerprint density at radius 3 is 2.73 bits per heavy atom. The van der Waals surface area contributed by atoms with Crippen LogP contribution in [0.3, 0.4) is 0 Å². The molecule has 1 unspecified atom stereocenters. The number of nitrogens with zero attached hydrogens (tertiary/aromatic N) is 2. The minimum absolute atomic E-state index is 0.128. The molecule has 2 aromatic rings. The van der Waals surface area contributed by atoms with Gasteiger partial charge in [-0.1, -0.05) is 19.1 Å². The van der Waals surface area contributed by atoms with Crippen molar-refractivity contribution >= 4 is 11.8 Å². The number of aromatic amines is 1. The minimum Gasteiger partial charge on any atom is -0.420 e. The van der Waals surface area contributed by atoms with Crippen LogP contribution in [-0.4, -0.2) is 16.5 Å². The van der Waals surface area contributed by atoms with E-state index in [1.54, 1.807) is 11.8 Å². The summed E-state index contributed by atoms with van der Waals surface area (Å²) in [5, 5.41) is 16.7. The lowest BCUT2D eigenvalue weighted by Crippen LogP contribution is -2.21. The number of hydrogen-bond acceptors (Lipinski definition) is 5. The number of ether oxygens (including phenoxy) is 1. The number of rotatable bonds is 3. The maximum atomic E-state index is 9.52. The molecule has 0 fully saturated rings. The zero-order valence-corrected chi connectivity index (χ0v) is 13.2. The quantitative estimate of drug-likeness (QED) is 0.851. The molecule has 0 aliphatic carbocycles. The molecule has 0 saturated carbocycles. The molecule has 2 heterocycles. The van der Waals surface area contributed by atoms with Crippen LogP contribution in [0, 0.1) is 11.3 Å². The van der Waals surface area contributed by atoms with Gasteiger partial charge in [-0.2, -0.15) is 5.26 Å². The van der Waals surface area contributed by atoms with Crippen molar-refractivity contribution in [2.24, 2.45) is 5.73 Å². The molecule has 1 aliphatic heterocycles. The third-order valence-corrected chi connectivity index (χ3v) is 4.56. The van der Waals surface area contributed by atoms with Crippen LogP contribution < -0.4 is 10.5 Å². The molecule has 1 aliphatic rings. The highest BCUT2D eigenvalue weighted by molar-refractivity contribution is 7.98. The van der Waals surface area contributed by atoms with E-state index in [1.807, 2.05) is 37.4 Å². The topological polar surface area (TPSA) is 87.7 Å². The van der Waals surface area contributed by atoms with E-state index in [0.29, 0.717) is 11.5 Å². The molecule has 1 atom stereocenters. The monoisotopic (exact) mass is 312 g/mol. The van der Waals surface area contributed by atoms with Gasteiger partial charge in [0.1, 0.15) is 11.6 Å². The molecule has 0 saturated heterocycles. The standard InChI is InChI=1S/C16H16N4OS/c1-3-12-14-13(9-4-6-10(22-2)7-5-9)11(8-17)15(18)21-16(14)20-19-12/h4-7,13H,3,18H2,1-2H3,(H,19,20). The number of benzene rings is 1. The van der Waals surface area contributed by atoms with E-state index in [1.165, 1.54) is 4.90 Å². The maximum absolute atomic E-state index is 9.52. The summed E-state index contributed by atoms with van der Waals surface area (Å²) < 4.78 is 5.50. The van der Waals surface area contributed by atoms with Crippen LogP contribution in [0.4, 0.5) is 0 Å². The van der Waals surface area contributed by atoms with Crippen molar-refractivity contribution < 1.29 is 4.74 Å². The molecule has 3 rings (SSSR count). The zero-order valence-electron chi connectivity index (χ0n) is 12.4. The Balaban J connectivity index is 2.17. The van der Waals surface area contributed by atoms with Crippen LogP contribution in [0.1, 0.15) is 29.7 Å². The van der Waals surface area contributed by atoms with E-state index in [0.717, 1.165) is 23.2 Å². The fourth-order valence-corrected chi connectivity index (χ4v) is 3.12. The third-order valence-electron chi connectivity index (χ3n) is 3.82. The van der Waals surface area contributed by atoms with Gasteiger partial charge in [0.15, 0.2) is 0 Å². The number of aryl methyl sites for hydroxylation is 1. The molecular weight excluding hydrogens is 296 g/mol. The summed E-state index contributed by atoms with van der Waals surface area (Å²) in [5.74, 6) is 0.355. The second kappa shape index (κ2) is 5.78. The Kier molecular flexibility index (Phi) is 3.82. The van der Waals surface area contributed by atoms with Crippen molar-refractivity contribution in [1.29, 1.82) is 5.26 Å². The second-order valence-corrected chi connectivity index (χ2v) is 5.85. The summed E-state index contributed by atoms with van der Waals surface area (Å²) >= 11 is 1.68. The summed E-state index contributed by atoms with van der Waals surface area (Å²) in [6, 6.07) is 10.4. The van der Waals surface area contributed by atoms with Gasteiger partial charge in [-0.3, -0.25) is 5.10 Å². The molecule has 6 heteroatoms. The highest BCUT2D eigenvalue weighted by atomic mass is 32.2. The predicted octanol–water partition coefficient (Wildman–Crippen LogP) is 2.91. The largest absolute Gasteiger partial charge is 0.420 e. The normalized spacial score (nSPS) is 16.9. The fraction of sp³-hybridized carbons (Fsp3) is 0.250. The van der Waals surface area contributed by atoms with Gasteiger partial charge in [-0.15, -0.1) is 16.9 Å². The smallest absolute Gasteiger partial charge is 0.244 e. The van der Waals surface area contributed by atoms with Crippen LogP contribution in [0.25, 0.3) is 0 Å². The third kappa shape index (κ3) is 2.24. The molecule has 5 nitrogen and oxygen atoms in total. The summed E-state index contributed by atoms with van der Waals surface area (Å²) in [7, 11) is 0. The summed E-state index contributed by atoms with van der Waals surface area (Å²) in [6.45, 7) is 2.04. The predicted molar refractivity (Wildman–Crippen MR) is 85.5 cm³/mol. The van der Waals surface area contributed by atoms with Gasteiger partial charge < -0.3 is 10.5 Å². The number of hydrogen-bond donors (Lipinski definition) is 2. The van der Waals surface area contributed by atoms with E-state index < -0.39 is 0 Å². The zero-order chi connectivity index (χ0) is 15.7. The van der Waals surface area contributed by atoms with Crippen LogP contribution in [0.15, 0.2) is 40.6 Å². The van der Waals surface area contributed by atoms with Crippen molar-refractivity contribution in [2.75, 3.05) is 6.26 Å². The number of nitrogens with one attached hydrogen (secondary N) is 1. The van der Waals surface area contributed by atoms with E-state index in [9.17, 15) is 5.26 Å². The van der Waals surface area contributed by atoms with Gasteiger partial charge in [-0.05, 0) is 30.4 Å². The Labute approximate surface area is 133 Å². The van der Waals surface area contributed by atoms with Gasteiger partial charge in [-0.25, -0.2) is 0 Å². The second-order valence-electron chi connectivity index (χ2n) is 4.97. The number of aromatic nitrogens is 2. The lowest BCUT2D eigenvalue weighted by atomic mass is 9.84. The van der Waals surface area contributed by atoms with Crippen molar-refractivity contribution in [3.8, 4) is 11.9 Å². The van der Waals surface area contributed by atoms with Gasteiger partial charge in [0, 0.05) is 16.2 Å². The lowest BCUT2D eigenvalue weighted by Gasteiger charge is -2.24. The first-order valence-electron chi connectivity index (χ1n) is 6.98. The number of thioether (sulfide) groups is 1. The number of fused-ring (bicyclic) bond motifs is 1. The van der Waals surface area contributed by atoms with Gasteiger partial charge >= 0.3 is 0 Å². The highest BCUT2D eigenvalue weighted by Crippen LogP contribution is 2.43. The highest BCUT2D eigenvalue weighted by Gasteiger charge is 2.34. The molecular formula is C16H16N4OS. The van der Waals surface area contributed by atoms with Crippen LogP contribution in [-0.2, 0) is 6.42 Å². The molecule has 1 aromatic carbocycles. The fourth-order valence-electron chi connectivity index (χ4n) is 2.71. The minimum atomic E-state index is -0.238. The maximum Gasteiger partial charge on any atom is 0.244 e. The van der Waals surface area contributed by atoms with Crippen molar-refractivity contribution in [3.05, 3.63) is 52.5 Å². The van der Waals surface area contributed by atoms with Crippen LogP contribution >= 0.6 is 11.8 Å². The average Bonchev–Trinajstić information content (AvgIpc) is 2.96. The van der Waals surface area contributed by atoms with Crippen LogP contribution in [0.5, 0.6) is 5.88 Å². The molecule has 0 bridgehead atoms. The summed E-state index contributed by atoms with van der Waals surface area (Å²) in [4.78, 5) is 1.18. The Hall–Kier alpha value is -2.39. The Morgan fingerprint density at radius 1 is 1.41 bits per heavy atom. The molecule has 22 heavy (non-hydrogen) atoms. The lowest BCUT2D eigenvalue weighted by molar-refractivity contribution is 0.378. The molecule has 1 aromatic heterocycles. The van der Waals surface area contributed by atoms with E-state index in [4.69, 9.17) is 10.5 Å². The van der Waals surface area contributed by atoms with E-state index in [2.05, 4.69) is 16.3 Å². The number of nitriles is 1. The van der Waals surface area contributed by atoms with Gasteiger partial charge in [0.05, 0.1) is 5.92 Å². The van der Waals surface area contributed by atoms with E-state index in [-0.39, 0.29) is 11.8 Å². The first-order chi connectivity index (χ1) is 10.7. The Morgan fingerprint density at radius 2 is 2.14 bits per heavy atom. The molecule has 0 radical (unpaired) electrons. The Bertz CT molecular complexity index is 770. The summed E-state index contributed by atoms with van der Waals surface area (Å²) in [5.41, 5.74) is 9.23. The number of allylic oxidation sites excluding steroid dienone is 1. The van der Waals surface area contributed by atoms with Crippen molar-refractivity contribution in [1.82, 2.24) is 10.2 Å². The first kappa shape index (κ1) is 14.5. The summed E-state index contributed by atoms with van der Waals surface area (Å²) in [6.07, 6.45) is 2.81. The number of H-pyrrole nitrogens is 1.